The predicted molar refractivity (Wildman–Crippen MR) is 161 cm³/mol. The van der Waals surface area contributed by atoms with Gasteiger partial charge < -0.3 is 19.7 Å². The van der Waals surface area contributed by atoms with Crippen LogP contribution in [0.4, 0.5) is 0 Å². The van der Waals surface area contributed by atoms with Gasteiger partial charge in [-0.05, 0) is 86.1 Å². The molecule has 0 amide bonds. The van der Waals surface area contributed by atoms with Gasteiger partial charge in [0, 0.05) is 0 Å². The standard InChI is InChI=1S/C34H34O8S/c35-29-19-17-27(33(37)41-21-9-7-15-25-11-3-1-4-12-25)23-31(29)43(39,40)32-24-28(18-20-30(32)36)34(38)42-22-10-8-16-26-13-5-2-6-14-26/h1-6,11-14,17-20,23-24,35-36H,7-10,15-16,21-22H2. The highest BCUT2D eigenvalue weighted by Crippen LogP contribution is 2.34. The monoisotopic (exact) mass is 602 g/mol. The molecule has 0 saturated carbocycles. The number of rotatable bonds is 14. The molecule has 4 rings (SSSR count). The lowest BCUT2D eigenvalue weighted by molar-refractivity contribution is 0.0489. The van der Waals surface area contributed by atoms with Crippen LogP contribution in [-0.2, 0) is 32.2 Å². The molecule has 4 aromatic carbocycles. The molecule has 9 heteroatoms. The Hall–Kier alpha value is -4.63. The fourth-order valence-electron chi connectivity index (χ4n) is 4.48. The number of sulfone groups is 1. The molecule has 0 radical (unpaired) electrons. The highest BCUT2D eigenvalue weighted by Gasteiger charge is 2.28. The Kier molecular flexibility index (Phi) is 10.9. The van der Waals surface area contributed by atoms with E-state index in [9.17, 15) is 28.2 Å². The van der Waals surface area contributed by atoms with Gasteiger partial charge in [-0.3, -0.25) is 0 Å². The maximum Gasteiger partial charge on any atom is 0.338 e. The number of esters is 2. The van der Waals surface area contributed by atoms with E-state index in [-0.39, 0.29) is 24.3 Å². The molecule has 2 N–H and O–H groups in total. The number of phenols is 2. The van der Waals surface area contributed by atoms with E-state index in [0.29, 0.717) is 12.8 Å². The van der Waals surface area contributed by atoms with Gasteiger partial charge in [0.15, 0.2) is 0 Å². The molecule has 0 heterocycles. The summed E-state index contributed by atoms with van der Waals surface area (Å²) in [6, 6.07) is 26.5. The van der Waals surface area contributed by atoms with Crippen molar-refractivity contribution in [2.24, 2.45) is 0 Å². The Morgan fingerprint density at radius 3 is 1.35 bits per heavy atom. The summed E-state index contributed by atoms with van der Waals surface area (Å²) >= 11 is 0. The van der Waals surface area contributed by atoms with E-state index < -0.39 is 43.1 Å². The van der Waals surface area contributed by atoms with Crippen LogP contribution in [-0.4, -0.2) is 43.8 Å². The minimum absolute atomic E-state index is 0.0787. The molecular weight excluding hydrogens is 568 g/mol. The van der Waals surface area contributed by atoms with Gasteiger partial charge in [-0.2, -0.15) is 0 Å². The van der Waals surface area contributed by atoms with Crippen molar-refractivity contribution < 1.29 is 37.7 Å². The summed E-state index contributed by atoms with van der Waals surface area (Å²) in [6.07, 6.45) is 4.52. The van der Waals surface area contributed by atoms with E-state index in [1.165, 1.54) is 23.3 Å². The number of carbonyl (C=O) groups is 2. The number of unbranched alkanes of at least 4 members (excludes halogenated alkanes) is 2. The Morgan fingerprint density at radius 1 is 0.558 bits per heavy atom. The Morgan fingerprint density at radius 2 is 0.953 bits per heavy atom. The van der Waals surface area contributed by atoms with E-state index in [4.69, 9.17) is 9.47 Å². The third-order valence-electron chi connectivity index (χ3n) is 6.84. The van der Waals surface area contributed by atoms with Gasteiger partial charge in [0.25, 0.3) is 0 Å². The highest BCUT2D eigenvalue weighted by atomic mass is 32.2. The second kappa shape index (κ2) is 15.0. The average molecular weight is 603 g/mol. The molecule has 0 aliphatic heterocycles. The first-order chi connectivity index (χ1) is 20.8. The second-order valence-corrected chi connectivity index (χ2v) is 11.9. The Bertz CT molecular complexity index is 1520. The fraction of sp³-hybridized carbons (Fsp3) is 0.235. The molecule has 0 unspecified atom stereocenters. The maximum atomic E-state index is 13.5. The first kappa shape index (κ1) is 31.3. The van der Waals surface area contributed by atoms with Gasteiger partial charge >= 0.3 is 11.9 Å². The van der Waals surface area contributed by atoms with E-state index in [1.807, 2.05) is 60.7 Å². The zero-order chi connectivity index (χ0) is 30.7. The largest absolute Gasteiger partial charge is 0.507 e. The average Bonchev–Trinajstić information content (AvgIpc) is 3.01. The second-order valence-electron chi connectivity index (χ2n) is 10.0. The zero-order valence-electron chi connectivity index (χ0n) is 23.6. The van der Waals surface area contributed by atoms with Crippen LogP contribution in [0.5, 0.6) is 11.5 Å². The van der Waals surface area contributed by atoms with Gasteiger partial charge in [0.1, 0.15) is 21.3 Å². The van der Waals surface area contributed by atoms with Crippen LogP contribution in [0.25, 0.3) is 0 Å². The lowest BCUT2D eigenvalue weighted by atomic mass is 10.1. The van der Waals surface area contributed by atoms with Crippen molar-refractivity contribution in [1.29, 1.82) is 0 Å². The van der Waals surface area contributed by atoms with Gasteiger partial charge in [-0.1, -0.05) is 60.7 Å². The number of hydrogen-bond donors (Lipinski definition) is 2. The molecule has 4 aromatic rings. The van der Waals surface area contributed by atoms with Crippen LogP contribution in [0.3, 0.4) is 0 Å². The number of benzene rings is 4. The van der Waals surface area contributed by atoms with Crippen molar-refractivity contribution in [3.05, 3.63) is 119 Å². The van der Waals surface area contributed by atoms with Crippen molar-refractivity contribution in [3.8, 4) is 11.5 Å². The smallest absolute Gasteiger partial charge is 0.338 e. The predicted octanol–water partition coefficient (Wildman–Crippen LogP) is 6.29. The lowest BCUT2D eigenvalue weighted by Crippen LogP contribution is -2.11. The molecule has 0 aliphatic rings. The number of ether oxygens (including phenoxy) is 2. The number of carbonyl (C=O) groups excluding carboxylic acids is 2. The lowest BCUT2D eigenvalue weighted by Gasteiger charge is -2.12. The Balaban J connectivity index is 1.37. The van der Waals surface area contributed by atoms with Crippen molar-refractivity contribution >= 4 is 21.8 Å². The van der Waals surface area contributed by atoms with E-state index >= 15 is 0 Å². The number of hydrogen-bond acceptors (Lipinski definition) is 8. The first-order valence-electron chi connectivity index (χ1n) is 14.1. The molecule has 0 saturated heterocycles. The van der Waals surface area contributed by atoms with Gasteiger partial charge in [0.05, 0.1) is 24.3 Å². The van der Waals surface area contributed by atoms with Gasteiger partial charge in [0.2, 0.25) is 9.84 Å². The molecule has 0 aromatic heterocycles. The van der Waals surface area contributed by atoms with Crippen LogP contribution >= 0.6 is 0 Å². The van der Waals surface area contributed by atoms with E-state index in [0.717, 1.165) is 49.9 Å². The highest BCUT2D eigenvalue weighted by molar-refractivity contribution is 7.91. The van der Waals surface area contributed by atoms with Crippen LogP contribution in [0, 0.1) is 0 Å². The normalized spacial score (nSPS) is 11.2. The van der Waals surface area contributed by atoms with Crippen molar-refractivity contribution in [3.63, 3.8) is 0 Å². The van der Waals surface area contributed by atoms with Crippen molar-refractivity contribution in [1.82, 2.24) is 0 Å². The molecule has 43 heavy (non-hydrogen) atoms. The van der Waals surface area contributed by atoms with E-state index in [1.54, 1.807) is 0 Å². The minimum Gasteiger partial charge on any atom is -0.507 e. The zero-order valence-corrected chi connectivity index (χ0v) is 24.5. The van der Waals surface area contributed by atoms with Crippen LogP contribution < -0.4 is 0 Å². The summed E-state index contributed by atoms with van der Waals surface area (Å²) in [6.45, 7) is 0.289. The molecule has 0 spiro atoms. The topological polar surface area (TPSA) is 127 Å². The van der Waals surface area contributed by atoms with Crippen molar-refractivity contribution in [2.45, 2.75) is 48.3 Å². The van der Waals surface area contributed by atoms with Gasteiger partial charge in [-0.15, -0.1) is 0 Å². The summed E-state index contributed by atoms with van der Waals surface area (Å²) in [7, 11) is -4.55. The van der Waals surface area contributed by atoms with Crippen LogP contribution in [0.1, 0.15) is 57.5 Å². The third kappa shape index (κ3) is 8.68. The molecular formula is C34H34O8S. The minimum atomic E-state index is -4.55. The van der Waals surface area contributed by atoms with Gasteiger partial charge in [-0.25, -0.2) is 18.0 Å². The third-order valence-corrected chi connectivity index (χ3v) is 8.65. The number of phenolic OH excluding ortho intramolecular Hbond substituents is 2. The fourth-order valence-corrected chi connectivity index (χ4v) is 5.97. The molecule has 0 atom stereocenters. The summed E-state index contributed by atoms with van der Waals surface area (Å²) in [5.41, 5.74) is 2.21. The first-order valence-corrected chi connectivity index (χ1v) is 15.6. The Labute approximate surface area is 251 Å². The molecule has 0 aliphatic carbocycles. The summed E-state index contributed by atoms with van der Waals surface area (Å²) < 4.78 is 37.6. The molecule has 0 fully saturated rings. The summed E-state index contributed by atoms with van der Waals surface area (Å²) in [5.74, 6) is -2.73. The van der Waals surface area contributed by atoms with E-state index in [2.05, 4.69) is 0 Å². The molecule has 8 nitrogen and oxygen atoms in total. The maximum absolute atomic E-state index is 13.5. The molecule has 0 bridgehead atoms. The SMILES string of the molecule is O=C(OCCCCc1ccccc1)c1ccc(O)c(S(=O)(=O)c2cc(C(=O)OCCCCc3ccccc3)ccc2O)c1. The number of aryl methyl sites for hydroxylation is 2. The summed E-state index contributed by atoms with van der Waals surface area (Å²) in [4.78, 5) is 24.1. The number of aromatic hydroxyl groups is 2. The quantitative estimate of drug-likeness (QED) is 0.127. The van der Waals surface area contributed by atoms with Crippen LogP contribution in [0.2, 0.25) is 0 Å². The van der Waals surface area contributed by atoms with Crippen molar-refractivity contribution in [2.75, 3.05) is 13.2 Å². The summed E-state index contributed by atoms with van der Waals surface area (Å²) in [5, 5.41) is 20.8. The molecule has 224 valence electrons. The van der Waals surface area contributed by atoms with Crippen LogP contribution in [0.15, 0.2) is 107 Å².